The first-order chi connectivity index (χ1) is 13.0. The molecular weight excluding hydrogens is 340 g/mol. The summed E-state index contributed by atoms with van der Waals surface area (Å²) in [7, 11) is 3.80. The number of nitrogens with one attached hydrogen (secondary N) is 2. The van der Waals surface area contributed by atoms with E-state index in [0.717, 1.165) is 36.5 Å². The highest BCUT2D eigenvalue weighted by Gasteiger charge is 2.36. The third kappa shape index (κ3) is 4.39. The number of imidazole rings is 1. The number of carbonyl (C=O) groups excluding carboxylic acids is 1. The lowest BCUT2D eigenvalue weighted by molar-refractivity contribution is -0.131. The molecule has 1 fully saturated rings. The van der Waals surface area contributed by atoms with Gasteiger partial charge in [0.25, 0.3) is 0 Å². The third-order valence-corrected chi connectivity index (χ3v) is 5.58. The van der Waals surface area contributed by atoms with Crippen LogP contribution in [0.3, 0.4) is 0 Å². The van der Waals surface area contributed by atoms with Crippen LogP contribution in [0.1, 0.15) is 38.6 Å². The Morgan fingerprint density at radius 3 is 2.70 bits per heavy atom. The van der Waals surface area contributed by atoms with Crippen molar-refractivity contribution in [3.63, 3.8) is 0 Å². The fraction of sp³-hybridized carbons (Fsp3) is 0.524. The normalized spacial score (nSPS) is 21.0. The van der Waals surface area contributed by atoms with Crippen LogP contribution in [0.4, 0.5) is 0 Å². The van der Waals surface area contributed by atoms with Crippen LogP contribution < -0.4 is 5.32 Å². The molecule has 27 heavy (non-hydrogen) atoms. The molecule has 6 heteroatoms. The quantitative estimate of drug-likeness (QED) is 0.786. The summed E-state index contributed by atoms with van der Waals surface area (Å²) in [6.07, 6.45) is 3.92. The number of likely N-dealkylation sites (tertiary alicyclic amines) is 1. The van der Waals surface area contributed by atoms with E-state index in [4.69, 9.17) is 4.74 Å². The van der Waals surface area contributed by atoms with Crippen molar-refractivity contribution >= 4 is 5.91 Å². The van der Waals surface area contributed by atoms with Crippen molar-refractivity contribution in [3.8, 4) is 11.3 Å². The maximum absolute atomic E-state index is 12.8. The molecule has 146 valence electrons. The van der Waals surface area contributed by atoms with Gasteiger partial charge in [-0.3, -0.25) is 4.79 Å². The molecule has 1 saturated heterocycles. The minimum atomic E-state index is -0.230. The highest BCUT2D eigenvalue weighted by atomic mass is 16.5. The molecule has 0 aliphatic carbocycles. The van der Waals surface area contributed by atoms with E-state index >= 15 is 0 Å². The third-order valence-electron chi connectivity index (χ3n) is 5.58. The number of rotatable bonds is 7. The summed E-state index contributed by atoms with van der Waals surface area (Å²) in [5.74, 6) is 0.514. The SMILES string of the molecule is COC(C(C)C(=O)N[C@@H](C)c1ncc(-c2ccccc2)[nH]1)C1CCCN1C. The van der Waals surface area contributed by atoms with Gasteiger partial charge in [-0.05, 0) is 38.9 Å². The molecule has 1 amide bonds. The molecule has 2 aromatic rings. The number of aromatic nitrogens is 2. The smallest absolute Gasteiger partial charge is 0.226 e. The molecular formula is C21H30N4O2. The van der Waals surface area contributed by atoms with Gasteiger partial charge in [-0.25, -0.2) is 4.98 Å². The number of benzene rings is 1. The van der Waals surface area contributed by atoms with E-state index in [0.29, 0.717) is 6.04 Å². The number of nitrogens with zero attached hydrogens (tertiary/aromatic N) is 2. The van der Waals surface area contributed by atoms with Crippen LogP contribution in [0, 0.1) is 5.92 Å². The number of hydrogen-bond donors (Lipinski definition) is 2. The van der Waals surface area contributed by atoms with Gasteiger partial charge in [-0.15, -0.1) is 0 Å². The van der Waals surface area contributed by atoms with E-state index < -0.39 is 0 Å². The van der Waals surface area contributed by atoms with Crippen molar-refractivity contribution in [3.05, 3.63) is 42.4 Å². The first-order valence-corrected chi connectivity index (χ1v) is 9.65. The monoisotopic (exact) mass is 370 g/mol. The molecule has 2 heterocycles. The van der Waals surface area contributed by atoms with Gasteiger partial charge >= 0.3 is 0 Å². The molecule has 1 aromatic heterocycles. The van der Waals surface area contributed by atoms with Crippen molar-refractivity contribution in [2.24, 2.45) is 5.92 Å². The number of amides is 1. The zero-order chi connectivity index (χ0) is 19.4. The topological polar surface area (TPSA) is 70.2 Å². The first kappa shape index (κ1) is 19.6. The van der Waals surface area contributed by atoms with Gasteiger partial charge in [-0.2, -0.15) is 0 Å². The van der Waals surface area contributed by atoms with Gasteiger partial charge in [0.05, 0.1) is 30.0 Å². The number of aromatic amines is 1. The van der Waals surface area contributed by atoms with Crippen LogP contribution in [-0.2, 0) is 9.53 Å². The van der Waals surface area contributed by atoms with Gasteiger partial charge < -0.3 is 19.9 Å². The lowest BCUT2D eigenvalue weighted by Gasteiger charge is -2.32. The minimum Gasteiger partial charge on any atom is -0.379 e. The summed E-state index contributed by atoms with van der Waals surface area (Å²) in [5.41, 5.74) is 2.02. The van der Waals surface area contributed by atoms with Crippen LogP contribution in [0.5, 0.6) is 0 Å². The van der Waals surface area contributed by atoms with Crippen molar-refractivity contribution in [1.82, 2.24) is 20.2 Å². The fourth-order valence-corrected chi connectivity index (χ4v) is 3.93. The minimum absolute atomic E-state index is 0.00712. The Morgan fingerprint density at radius 1 is 1.33 bits per heavy atom. The zero-order valence-electron chi connectivity index (χ0n) is 16.6. The lowest BCUT2D eigenvalue weighted by atomic mass is 9.95. The molecule has 3 unspecified atom stereocenters. The van der Waals surface area contributed by atoms with E-state index in [1.807, 2.05) is 50.4 Å². The number of methoxy groups -OCH3 is 1. The van der Waals surface area contributed by atoms with Gasteiger partial charge in [-0.1, -0.05) is 37.3 Å². The van der Waals surface area contributed by atoms with Crippen LogP contribution in [-0.4, -0.2) is 53.6 Å². The van der Waals surface area contributed by atoms with Crippen LogP contribution in [0.2, 0.25) is 0 Å². The predicted octanol–water partition coefficient (Wildman–Crippen LogP) is 3.00. The lowest BCUT2D eigenvalue weighted by Crippen LogP contribution is -2.47. The fourth-order valence-electron chi connectivity index (χ4n) is 3.93. The number of carbonyl (C=O) groups is 1. The Bertz CT molecular complexity index is 746. The molecule has 1 aromatic carbocycles. The first-order valence-electron chi connectivity index (χ1n) is 9.65. The maximum atomic E-state index is 12.8. The Hall–Kier alpha value is -2.18. The summed E-state index contributed by atoms with van der Waals surface area (Å²) in [4.78, 5) is 22.9. The standard InChI is InChI=1S/C21H30N4O2/c1-14(19(27-4)18-11-8-12-25(18)3)21(26)23-15(2)20-22-13-17(24-20)16-9-6-5-7-10-16/h5-7,9-10,13-15,18-19H,8,11-12H2,1-4H3,(H,22,24)(H,23,26)/t14?,15-,18?,19?/m0/s1. The summed E-state index contributed by atoms with van der Waals surface area (Å²) in [5, 5.41) is 3.08. The number of hydrogen-bond acceptors (Lipinski definition) is 4. The molecule has 0 radical (unpaired) electrons. The number of likely N-dealkylation sites (N-methyl/N-ethyl adjacent to an activating group) is 1. The molecule has 6 nitrogen and oxygen atoms in total. The molecule has 3 rings (SSSR count). The largest absolute Gasteiger partial charge is 0.379 e. The van der Waals surface area contributed by atoms with Gasteiger partial charge in [0.2, 0.25) is 5.91 Å². The van der Waals surface area contributed by atoms with Gasteiger partial charge in [0.15, 0.2) is 0 Å². The second-order valence-electron chi connectivity index (χ2n) is 7.46. The summed E-state index contributed by atoms with van der Waals surface area (Å²) in [6, 6.07) is 10.1. The second-order valence-corrected chi connectivity index (χ2v) is 7.46. The van der Waals surface area contributed by atoms with E-state index in [1.54, 1.807) is 7.11 Å². The molecule has 2 N–H and O–H groups in total. The summed E-state index contributed by atoms with van der Waals surface area (Å²) >= 11 is 0. The van der Waals surface area contributed by atoms with Crippen molar-refractivity contribution < 1.29 is 9.53 Å². The highest BCUT2D eigenvalue weighted by molar-refractivity contribution is 5.79. The van der Waals surface area contributed by atoms with Gasteiger partial charge in [0.1, 0.15) is 5.82 Å². The van der Waals surface area contributed by atoms with E-state index in [-0.39, 0.29) is 24.0 Å². The van der Waals surface area contributed by atoms with Crippen molar-refractivity contribution in [2.45, 2.75) is 44.9 Å². The highest BCUT2D eigenvalue weighted by Crippen LogP contribution is 2.25. The van der Waals surface area contributed by atoms with E-state index in [2.05, 4.69) is 27.2 Å². The molecule has 0 bridgehead atoms. The second kappa shape index (κ2) is 8.67. The van der Waals surface area contributed by atoms with E-state index in [9.17, 15) is 4.79 Å². The molecule has 1 aliphatic heterocycles. The maximum Gasteiger partial charge on any atom is 0.226 e. The average Bonchev–Trinajstić information content (AvgIpc) is 3.33. The van der Waals surface area contributed by atoms with Crippen molar-refractivity contribution in [2.75, 3.05) is 20.7 Å². The zero-order valence-corrected chi connectivity index (χ0v) is 16.6. The Labute approximate surface area is 161 Å². The Kier molecular flexibility index (Phi) is 6.29. The number of H-pyrrole nitrogens is 1. The summed E-state index contributed by atoms with van der Waals surface area (Å²) < 4.78 is 5.71. The van der Waals surface area contributed by atoms with E-state index in [1.165, 1.54) is 0 Å². The van der Waals surface area contributed by atoms with Gasteiger partial charge in [0, 0.05) is 13.2 Å². The molecule has 4 atom stereocenters. The van der Waals surface area contributed by atoms with Crippen LogP contribution in [0.15, 0.2) is 36.5 Å². The predicted molar refractivity (Wildman–Crippen MR) is 106 cm³/mol. The average molecular weight is 370 g/mol. The summed E-state index contributed by atoms with van der Waals surface area (Å²) in [6.45, 7) is 4.95. The van der Waals surface area contributed by atoms with Crippen molar-refractivity contribution in [1.29, 1.82) is 0 Å². The van der Waals surface area contributed by atoms with Crippen LogP contribution in [0.25, 0.3) is 11.3 Å². The van der Waals surface area contributed by atoms with Crippen LogP contribution >= 0.6 is 0 Å². The molecule has 1 aliphatic rings. The molecule has 0 spiro atoms. The Balaban J connectivity index is 1.64. The molecule has 0 saturated carbocycles. The Morgan fingerprint density at radius 2 is 2.07 bits per heavy atom. The number of ether oxygens (including phenoxy) is 1.